The number of carbonyl (C=O) groups is 1. The molecule has 2 atom stereocenters. The van der Waals surface area contributed by atoms with E-state index in [-0.39, 0.29) is 17.2 Å². The third-order valence-corrected chi connectivity index (χ3v) is 6.35. The number of hydrogen-bond acceptors (Lipinski definition) is 4. The largest absolute Gasteiger partial charge is 0.349 e. The minimum Gasteiger partial charge on any atom is -0.349 e. The molecular weight excluding hydrogens is 354 g/mol. The number of hydrogen-bond donors (Lipinski definition) is 1. The highest BCUT2D eigenvalue weighted by molar-refractivity contribution is 7.11. The number of nitriles is 1. The number of benzene rings is 1. The summed E-state index contributed by atoms with van der Waals surface area (Å²) in [5.74, 6) is 0.0958. The van der Waals surface area contributed by atoms with Crippen LogP contribution in [0.3, 0.4) is 0 Å². The third kappa shape index (κ3) is 3.33. The summed E-state index contributed by atoms with van der Waals surface area (Å²) in [5.41, 5.74) is 4.47. The summed E-state index contributed by atoms with van der Waals surface area (Å²) in [7, 11) is 0. The molecule has 27 heavy (non-hydrogen) atoms. The van der Waals surface area contributed by atoms with Crippen LogP contribution in [-0.4, -0.2) is 17.4 Å². The SMILES string of the molecule is C[C@@]1(CNC(=O)c2nccs2)Cc2ccc(C#N)cc2[C@@H]1C1=CC=CCC1. The predicted molar refractivity (Wildman–Crippen MR) is 107 cm³/mol. The molecule has 1 aromatic heterocycles. The zero-order valence-corrected chi connectivity index (χ0v) is 16.1. The first-order valence-electron chi connectivity index (χ1n) is 9.17. The van der Waals surface area contributed by atoms with E-state index in [9.17, 15) is 10.1 Å². The number of carbonyl (C=O) groups excluding carboxylic acids is 1. The smallest absolute Gasteiger partial charge is 0.280 e. The van der Waals surface area contributed by atoms with E-state index in [1.54, 1.807) is 6.20 Å². The second-order valence-corrected chi connectivity index (χ2v) is 8.41. The molecule has 0 radical (unpaired) electrons. The number of aromatic nitrogens is 1. The van der Waals surface area contributed by atoms with E-state index < -0.39 is 0 Å². The molecule has 0 spiro atoms. The highest BCUT2D eigenvalue weighted by Crippen LogP contribution is 2.52. The fourth-order valence-electron chi connectivity index (χ4n) is 4.37. The second-order valence-electron chi connectivity index (χ2n) is 7.52. The first-order valence-corrected chi connectivity index (χ1v) is 10.0. The fraction of sp³-hybridized carbons (Fsp3) is 0.318. The van der Waals surface area contributed by atoms with Gasteiger partial charge >= 0.3 is 0 Å². The van der Waals surface area contributed by atoms with Gasteiger partial charge in [0.2, 0.25) is 0 Å². The van der Waals surface area contributed by atoms with Crippen LogP contribution < -0.4 is 5.32 Å². The average Bonchev–Trinajstić information content (AvgIpc) is 3.32. The van der Waals surface area contributed by atoms with Gasteiger partial charge < -0.3 is 5.32 Å². The summed E-state index contributed by atoms with van der Waals surface area (Å²) < 4.78 is 0. The molecule has 0 unspecified atom stereocenters. The molecule has 0 saturated carbocycles. The Morgan fingerprint density at radius 2 is 2.37 bits per heavy atom. The molecule has 4 rings (SSSR count). The van der Waals surface area contributed by atoms with Crippen molar-refractivity contribution in [2.45, 2.75) is 32.1 Å². The molecule has 0 saturated heterocycles. The Morgan fingerprint density at radius 1 is 1.48 bits per heavy atom. The number of nitrogens with one attached hydrogen (secondary N) is 1. The highest BCUT2D eigenvalue weighted by atomic mass is 32.1. The standard InChI is InChI=1S/C22H21N3OS/c1-22(14-25-20(26)21-24-9-10-27-21)12-17-8-7-15(13-23)11-18(17)19(22)16-5-3-2-4-6-16/h2-3,5,7-11,19H,4,6,12,14H2,1H3,(H,25,26)/t19-,22-/m0/s1. The maximum absolute atomic E-state index is 12.4. The quantitative estimate of drug-likeness (QED) is 0.863. The molecule has 1 N–H and O–H groups in total. The maximum Gasteiger partial charge on any atom is 0.280 e. The Kier molecular flexibility index (Phi) is 4.67. The lowest BCUT2D eigenvalue weighted by molar-refractivity contribution is 0.0930. The third-order valence-electron chi connectivity index (χ3n) is 5.57. The van der Waals surface area contributed by atoms with Gasteiger partial charge in [0.1, 0.15) is 0 Å². The van der Waals surface area contributed by atoms with Gasteiger partial charge in [0.25, 0.3) is 5.91 Å². The summed E-state index contributed by atoms with van der Waals surface area (Å²) in [6.45, 7) is 2.82. The topological polar surface area (TPSA) is 65.8 Å². The number of rotatable bonds is 4. The second kappa shape index (κ2) is 7.13. The van der Waals surface area contributed by atoms with Gasteiger partial charge in [-0.15, -0.1) is 11.3 Å². The van der Waals surface area contributed by atoms with E-state index in [0.29, 0.717) is 17.1 Å². The lowest BCUT2D eigenvalue weighted by atomic mass is 9.72. The summed E-state index contributed by atoms with van der Waals surface area (Å²) in [4.78, 5) is 16.5. The number of thiazole rings is 1. The van der Waals surface area contributed by atoms with Crippen LogP contribution in [0.1, 0.15) is 52.2 Å². The van der Waals surface area contributed by atoms with Crippen molar-refractivity contribution >= 4 is 17.2 Å². The summed E-state index contributed by atoms with van der Waals surface area (Å²) >= 11 is 1.35. The van der Waals surface area contributed by atoms with Crippen molar-refractivity contribution < 1.29 is 4.79 Å². The first-order chi connectivity index (χ1) is 13.1. The molecule has 1 amide bonds. The van der Waals surface area contributed by atoms with Crippen molar-refractivity contribution in [3.63, 3.8) is 0 Å². The molecule has 1 heterocycles. The van der Waals surface area contributed by atoms with Gasteiger partial charge in [-0.1, -0.05) is 36.8 Å². The monoisotopic (exact) mass is 375 g/mol. The van der Waals surface area contributed by atoms with Crippen molar-refractivity contribution in [2.24, 2.45) is 5.41 Å². The molecule has 136 valence electrons. The van der Waals surface area contributed by atoms with Crippen LogP contribution in [0.15, 0.2) is 53.6 Å². The van der Waals surface area contributed by atoms with E-state index in [2.05, 4.69) is 47.6 Å². The average molecular weight is 375 g/mol. The Hall–Kier alpha value is -2.71. The van der Waals surface area contributed by atoms with Gasteiger partial charge in [-0.25, -0.2) is 4.98 Å². The van der Waals surface area contributed by atoms with E-state index in [1.165, 1.54) is 28.0 Å². The summed E-state index contributed by atoms with van der Waals surface area (Å²) in [6, 6.07) is 8.27. The normalized spacial score (nSPS) is 23.4. The van der Waals surface area contributed by atoms with Crippen molar-refractivity contribution in [1.82, 2.24) is 10.3 Å². The number of amides is 1. The molecule has 1 aromatic carbocycles. The van der Waals surface area contributed by atoms with Gasteiger partial charge in [0.15, 0.2) is 5.01 Å². The van der Waals surface area contributed by atoms with Crippen LogP contribution in [0, 0.1) is 16.7 Å². The van der Waals surface area contributed by atoms with Gasteiger partial charge in [-0.3, -0.25) is 4.79 Å². The maximum atomic E-state index is 12.4. The van der Waals surface area contributed by atoms with E-state index >= 15 is 0 Å². The molecule has 2 aliphatic rings. The van der Waals surface area contributed by atoms with Gasteiger partial charge in [0, 0.05) is 24.0 Å². The van der Waals surface area contributed by atoms with Gasteiger partial charge in [0.05, 0.1) is 11.6 Å². The van der Waals surface area contributed by atoms with Crippen molar-refractivity contribution in [2.75, 3.05) is 6.54 Å². The van der Waals surface area contributed by atoms with Crippen molar-refractivity contribution in [3.8, 4) is 6.07 Å². The predicted octanol–water partition coefficient (Wildman–Crippen LogP) is 4.37. The Morgan fingerprint density at radius 3 is 3.07 bits per heavy atom. The lowest BCUT2D eigenvalue weighted by Gasteiger charge is -2.34. The molecule has 2 aromatic rings. The molecule has 5 heteroatoms. The zero-order valence-electron chi connectivity index (χ0n) is 15.2. The molecule has 0 aliphatic heterocycles. The lowest BCUT2D eigenvalue weighted by Crippen LogP contribution is -2.39. The van der Waals surface area contributed by atoms with Crippen LogP contribution in [-0.2, 0) is 6.42 Å². The van der Waals surface area contributed by atoms with E-state index in [1.807, 2.05) is 17.5 Å². The minimum atomic E-state index is -0.125. The molecule has 2 aliphatic carbocycles. The van der Waals surface area contributed by atoms with Crippen LogP contribution in [0.25, 0.3) is 0 Å². The first kappa shape index (κ1) is 17.7. The molecule has 0 fully saturated rings. The number of fused-ring (bicyclic) bond motifs is 1. The van der Waals surface area contributed by atoms with Gasteiger partial charge in [-0.05, 0) is 47.9 Å². The van der Waals surface area contributed by atoms with E-state index in [4.69, 9.17) is 0 Å². The Bertz CT molecular complexity index is 968. The van der Waals surface area contributed by atoms with Crippen LogP contribution in [0.5, 0.6) is 0 Å². The van der Waals surface area contributed by atoms with Gasteiger partial charge in [-0.2, -0.15) is 5.26 Å². The number of nitrogens with zero attached hydrogens (tertiary/aromatic N) is 2. The highest BCUT2D eigenvalue weighted by Gasteiger charge is 2.44. The van der Waals surface area contributed by atoms with Crippen molar-refractivity contribution in [3.05, 3.63) is 75.3 Å². The summed E-state index contributed by atoms with van der Waals surface area (Å²) in [6.07, 6.45) is 11.1. The fourth-order valence-corrected chi connectivity index (χ4v) is 4.93. The molecular formula is C22H21N3OS. The Balaban J connectivity index is 1.66. The number of allylic oxidation sites excluding steroid dienone is 4. The summed E-state index contributed by atoms with van der Waals surface area (Å²) in [5, 5.41) is 14.7. The zero-order chi connectivity index (χ0) is 18.9. The van der Waals surface area contributed by atoms with Crippen LogP contribution >= 0.6 is 11.3 Å². The van der Waals surface area contributed by atoms with Crippen molar-refractivity contribution in [1.29, 1.82) is 5.26 Å². The minimum absolute atomic E-state index is 0.115. The Labute approximate surface area is 163 Å². The van der Waals surface area contributed by atoms with E-state index in [0.717, 1.165) is 19.3 Å². The van der Waals surface area contributed by atoms with Crippen LogP contribution in [0.2, 0.25) is 0 Å². The molecule has 0 bridgehead atoms. The van der Waals surface area contributed by atoms with Crippen LogP contribution in [0.4, 0.5) is 0 Å². The molecule has 4 nitrogen and oxygen atoms in total.